The maximum atomic E-state index is 10.9. The molecule has 0 aliphatic heterocycles. The monoisotopic (exact) mass is 258 g/mol. The Morgan fingerprint density at radius 2 is 2.35 bits per heavy atom. The Balaban J connectivity index is 2.51. The lowest BCUT2D eigenvalue weighted by molar-refractivity contribution is -0.137. The first-order valence-corrected chi connectivity index (χ1v) is 5.31. The van der Waals surface area contributed by atoms with Crippen LogP contribution in [0.15, 0.2) is 16.0 Å². The maximum Gasteiger partial charge on any atom is 0.321 e. The first-order chi connectivity index (χ1) is 8.02. The van der Waals surface area contributed by atoms with E-state index in [0.717, 1.165) is 11.9 Å². The Morgan fingerprint density at radius 3 is 2.94 bits per heavy atom. The summed E-state index contributed by atoms with van der Waals surface area (Å²) in [5.74, 6) is -1.71. The van der Waals surface area contributed by atoms with Gasteiger partial charge in [-0.15, -0.1) is 9.63 Å². The van der Waals surface area contributed by atoms with Gasteiger partial charge in [-0.05, 0) is 11.9 Å². The molecule has 9 nitrogen and oxygen atoms in total. The molecule has 1 heterocycles. The molecule has 0 saturated heterocycles. The molecule has 0 fully saturated rings. The zero-order chi connectivity index (χ0) is 12.8. The van der Waals surface area contributed by atoms with E-state index < -0.39 is 17.9 Å². The van der Waals surface area contributed by atoms with Crippen molar-refractivity contribution in [3.63, 3.8) is 0 Å². The average molecular weight is 258 g/mol. The van der Waals surface area contributed by atoms with Crippen molar-refractivity contribution in [3.8, 4) is 0 Å². The highest BCUT2D eigenvalue weighted by molar-refractivity contribution is 7.97. The third kappa shape index (κ3) is 3.85. The van der Waals surface area contributed by atoms with Crippen LogP contribution < -0.4 is 11.5 Å². The van der Waals surface area contributed by atoms with Gasteiger partial charge in [0.25, 0.3) is 5.91 Å². The third-order valence-corrected chi connectivity index (χ3v) is 2.34. The minimum atomic E-state index is -1.12. The second kappa shape index (κ2) is 5.96. The van der Waals surface area contributed by atoms with Gasteiger partial charge in [0.05, 0.1) is 6.33 Å². The molecule has 1 aromatic rings. The Morgan fingerprint density at radius 1 is 1.65 bits per heavy atom. The van der Waals surface area contributed by atoms with Crippen LogP contribution in [-0.4, -0.2) is 38.7 Å². The molecule has 10 heteroatoms. The van der Waals surface area contributed by atoms with Gasteiger partial charge in [0, 0.05) is 5.75 Å². The van der Waals surface area contributed by atoms with Crippen LogP contribution in [0.5, 0.6) is 0 Å². The van der Waals surface area contributed by atoms with Gasteiger partial charge in [-0.3, -0.25) is 9.59 Å². The largest absolute Gasteiger partial charge is 0.480 e. The van der Waals surface area contributed by atoms with E-state index >= 15 is 0 Å². The fraction of sp³-hybridized carbons (Fsp3) is 0.286. The van der Waals surface area contributed by atoms with Crippen LogP contribution in [0.1, 0.15) is 10.5 Å². The molecule has 1 rings (SSSR count). The minimum absolute atomic E-state index is 0.0388. The number of aromatic amines is 1. The van der Waals surface area contributed by atoms with E-state index in [1.54, 1.807) is 0 Å². The highest BCUT2D eigenvalue weighted by Crippen LogP contribution is 2.16. The van der Waals surface area contributed by atoms with Crippen molar-refractivity contribution in [2.75, 3.05) is 5.75 Å². The Hall–Kier alpha value is -1.94. The van der Waals surface area contributed by atoms with E-state index in [2.05, 4.69) is 19.6 Å². The number of aromatic nitrogens is 2. The van der Waals surface area contributed by atoms with Crippen molar-refractivity contribution in [1.29, 1.82) is 0 Å². The van der Waals surface area contributed by atoms with E-state index in [0.29, 0.717) is 0 Å². The molecular weight excluding hydrogens is 248 g/mol. The standard InChI is InChI=1S/C7H10N6O3S/c8-3(7(15)16)1-17-13-12-6-4(5(9)14)10-2-11-6/h2-3H,1,8H2,(H2,9,14)(H,10,11)(H,15,16)/t3-/m0/s1. The number of hydrogen-bond acceptors (Lipinski definition) is 7. The van der Waals surface area contributed by atoms with Gasteiger partial charge in [-0.25, -0.2) is 4.98 Å². The molecule has 0 unspecified atom stereocenters. The molecule has 0 aromatic carbocycles. The van der Waals surface area contributed by atoms with Crippen molar-refractivity contribution in [2.24, 2.45) is 21.1 Å². The van der Waals surface area contributed by atoms with Crippen LogP contribution in [0.2, 0.25) is 0 Å². The summed E-state index contributed by atoms with van der Waals surface area (Å²) in [7, 11) is 0. The number of hydrogen-bond donors (Lipinski definition) is 4. The molecule has 0 radical (unpaired) electrons. The SMILES string of the molecule is NC(=O)c1[nH]cnc1N=NSC[C@H](N)C(=O)O. The van der Waals surface area contributed by atoms with E-state index in [-0.39, 0.29) is 17.3 Å². The molecule has 0 spiro atoms. The molecule has 1 aromatic heterocycles. The van der Waals surface area contributed by atoms with Crippen LogP contribution in [0.3, 0.4) is 0 Å². The first-order valence-electron chi connectivity index (χ1n) is 4.37. The van der Waals surface area contributed by atoms with Crippen LogP contribution in [-0.2, 0) is 4.79 Å². The number of rotatable bonds is 6. The lowest BCUT2D eigenvalue weighted by Gasteiger charge is -2.00. The summed E-state index contributed by atoms with van der Waals surface area (Å²) in [5, 5.41) is 12.1. The molecule has 92 valence electrons. The molecule has 17 heavy (non-hydrogen) atoms. The van der Waals surface area contributed by atoms with E-state index in [9.17, 15) is 9.59 Å². The zero-order valence-corrected chi connectivity index (χ0v) is 9.35. The van der Waals surface area contributed by atoms with Crippen LogP contribution >= 0.6 is 11.9 Å². The number of H-pyrrole nitrogens is 1. The quantitative estimate of drug-likeness (QED) is 0.403. The van der Waals surface area contributed by atoms with Gasteiger partial charge in [-0.1, -0.05) is 0 Å². The Kier molecular flexibility index (Phi) is 4.60. The van der Waals surface area contributed by atoms with E-state index in [1.807, 2.05) is 0 Å². The number of nitrogens with two attached hydrogens (primary N) is 2. The zero-order valence-electron chi connectivity index (χ0n) is 8.53. The predicted molar refractivity (Wildman–Crippen MR) is 59.7 cm³/mol. The molecule has 1 atom stereocenters. The normalized spacial score (nSPS) is 12.8. The van der Waals surface area contributed by atoms with Gasteiger partial charge >= 0.3 is 5.97 Å². The number of imidazole rings is 1. The molecule has 0 saturated carbocycles. The first kappa shape index (κ1) is 13.1. The summed E-state index contributed by atoms with van der Waals surface area (Å²) in [6.45, 7) is 0. The molecule has 0 bridgehead atoms. The van der Waals surface area contributed by atoms with Crippen molar-refractivity contribution < 1.29 is 14.7 Å². The van der Waals surface area contributed by atoms with E-state index in [4.69, 9.17) is 16.6 Å². The maximum absolute atomic E-state index is 10.9. The van der Waals surface area contributed by atoms with Gasteiger partial charge in [-0.2, -0.15) is 0 Å². The van der Waals surface area contributed by atoms with Crippen LogP contribution in [0.4, 0.5) is 5.82 Å². The number of amides is 1. The lowest BCUT2D eigenvalue weighted by Crippen LogP contribution is -2.32. The summed E-state index contributed by atoms with van der Waals surface area (Å²) in [6.07, 6.45) is 1.25. The summed E-state index contributed by atoms with van der Waals surface area (Å²) >= 11 is 0.855. The van der Waals surface area contributed by atoms with Crippen molar-refractivity contribution >= 4 is 29.6 Å². The minimum Gasteiger partial charge on any atom is -0.480 e. The predicted octanol–water partition coefficient (Wildman–Crippen LogP) is -0.348. The topological polar surface area (TPSA) is 160 Å². The smallest absolute Gasteiger partial charge is 0.321 e. The highest BCUT2D eigenvalue weighted by atomic mass is 32.2. The number of carbonyl (C=O) groups excluding carboxylic acids is 1. The van der Waals surface area contributed by atoms with E-state index in [1.165, 1.54) is 6.33 Å². The van der Waals surface area contributed by atoms with Crippen LogP contribution in [0, 0.1) is 0 Å². The fourth-order valence-electron chi connectivity index (χ4n) is 0.797. The fourth-order valence-corrected chi connectivity index (χ4v) is 1.30. The molecule has 1 amide bonds. The third-order valence-electron chi connectivity index (χ3n) is 1.63. The second-order valence-corrected chi connectivity index (χ2v) is 3.64. The molecule has 6 N–H and O–H groups in total. The number of carboxylic acid groups (broad SMARTS) is 1. The molecular formula is C7H10N6O3S. The second-order valence-electron chi connectivity index (χ2n) is 2.89. The number of carbonyl (C=O) groups is 2. The van der Waals surface area contributed by atoms with Crippen molar-refractivity contribution in [3.05, 3.63) is 12.0 Å². The average Bonchev–Trinajstić information content (AvgIpc) is 2.72. The summed E-state index contributed by atoms with van der Waals surface area (Å²) < 4.78 is 3.59. The number of nitrogens with one attached hydrogen (secondary N) is 1. The van der Waals surface area contributed by atoms with Crippen LogP contribution in [0.25, 0.3) is 0 Å². The summed E-state index contributed by atoms with van der Waals surface area (Å²) in [4.78, 5) is 27.5. The number of nitrogens with zero attached hydrogens (tertiary/aromatic N) is 3. The molecule has 0 aliphatic carbocycles. The van der Waals surface area contributed by atoms with Gasteiger partial charge in [0.15, 0.2) is 5.69 Å². The molecule has 0 aliphatic rings. The highest BCUT2D eigenvalue weighted by Gasteiger charge is 2.12. The number of carboxylic acids is 1. The summed E-state index contributed by atoms with van der Waals surface area (Å²) in [5.41, 5.74) is 10.3. The number of primary amides is 1. The van der Waals surface area contributed by atoms with Crippen molar-refractivity contribution in [1.82, 2.24) is 9.97 Å². The van der Waals surface area contributed by atoms with Crippen molar-refractivity contribution in [2.45, 2.75) is 6.04 Å². The lowest BCUT2D eigenvalue weighted by atomic mass is 10.4. The van der Waals surface area contributed by atoms with Gasteiger partial charge < -0.3 is 21.6 Å². The Labute approximate surface area is 99.8 Å². The number of aliphatic carboxylic acids is 1. The Bertz CT molecular complexity index is 445. The van der Waals surface area contributed by atoms with Gasteiger partial charge in [0.1, 0.15) is 6.04 Å². The summed E-state index contributed by atoms with van der Waals surface area (Å²) in [6, 6.07) is -1.02. The van der Waals surface area contributed by atoms with Gasteiger partial charge in [0.2, 0.25) is 5.82 Å².